The van der Waals surface area contributed by atoms with Crippen molar-refractivity contribution in [3.05, 3.63) is 35.6 Å². The van der Waals surface area contributed by atoms with Gasteiger partial charge in [-0.2, -0.15) is 0 Å². The first kappa shape index (κ1) is 13.6. The fraction of sp³-hybridized carbons (Fsp3) is 0.417. The minimum absolute atomic E-state index is 0.163. The van der Waals surface area contributed by atoms with Gasteiger partial charge in [0.15, 0.2) is 0 Å². The first-order valence-corrected chi connectivity index (χ1v) is 5.44. The smallest absolute Gasteiger partial charge is 0.234 e. The largest absolute Gasteiger partial charge is 0.383 e. The molecule has 0 aromatic heterocycles. The van der Waals surface area contributed by atoms with Gasteiger partial charge < -0.3 is 15.4 Å². The molecule has 0 aliphatic carbocycles. The third-order valence-electron chi connectivity index (χ3n) is 2.20. The number of carbonyl (C=O) groups is 1. The molecular weight excluding hydrogens is 223 g/mol. The molecule has 1 rings (SSSR count). The van der Waals surface area contributed by atoms with Gasteiger partial charge in [-0.3, -0.25) is 4.79 Å². The standard InChI is InChI=1S/C12H17FN2O2/c1-17-7-6-14-9-12(16)15-8-10-4-2-3-5-11(10)13/h2-5,14H,6-9H2,1H3,(H,15,16). The van der Waals surface area contributed by atoms with Crippen LogP contribution < -0.4 is 10.6 Å². The molecule has 0 saturated heterocycles. The number of methoxy groups -OCH3 is 1. The van der Waals surface area contributed by atoms with Crippen molar-refractivity contribution >= 4 is 5.91 Å². The molecule has 0 bridgehead atoms. The van der Waals surface area contributed by atoms with E-state index < -0.39 is 0 Å². The van der Waals surface area contributed by atoms with Gasteiger partial charge in [0, 0.05) is 25.8 Å². The van der Waals surface area contributed by atoms with Crippen molar-refractivity contribution in [1.82, 2.24) is 10.6 Å². The molecule has 5 heteroatoms. The molecule has 0 saturated carbocycles. The van der Waals surface area contributed by atoms with E-state index in [4.69, 9.17) is 4.74 Å². The summed E-state index contributed by atoms with van der Waals surface area (Å²) in [5, 5.41) is 5.54. The Hall–Kier alpha value is -1.46. The zero-order valence-electron chi connectivity index (χ0n) is 9.83. The molecular formula is C12H17FN2O2. The summed E-state index contributed by atoms with van der Waals surface area (Å²) in [6, 6.07) is 6.38. The topological polar surface area (TPSA) is 50.4 Å². The maximum Gasteiger partial charge on any atom is 0.234 e. The van der Waals surface area contributed by atoms with Gasteiger partial charge in [-0.05, 0) is 6.07 Å². The van der Waals surface area contributed by atoms with Crippen LogP contribution in [0, 0.1) is 5.82 Å². The minimum atomic E-state index is -0.305. The number of halogens is 1. The first-order chi connectivity index (χ1) is 8.24. The predicted molar refractivity (Wildman–Crippen MR) is 63.0 cm³/mol. The Balaban J connectivity index is 2.22. The minimum Gasteiger partial charge on any atom is -0.383 e. The molecule has 1 aromatic carbocycles. The molecule has 2 N–H and O–H groups in total. The molecule has 0 spiro atoms. The molecule has 0 aliphatic rings. The fourth-order valence-corrected chi connectivity index (χ4v) is 1.27. The summed E-state index contributed by atoms with van der Waals surface area (Å²) in [4.78, 5) is 11.4. The van der Waals surface area contributed by atoms with Gasteiger partial charge in [0.25, 0.3) is 0 Å². The van der Waals surface area contributed by atoms with Crippen molar-refractivity contribution < 1.29 is 13.9 Å². The predicted octanol–water partition coefficient (Wildman–Crippen LogP) is 0.678. The van der Waals surface area contributed by atoms with Gasteiger partial charge in [-0.15, -0.1) is 0 Å². The zero-order valence-corrected chi connectivity index (χ0v) is 9.83. The lowest BCUT2D eigenvalue weighted by atomic mass is 10.2. The van der Waals surface area contributed by atoms with E-state index in [1.165, 1.54) is 6.07 Å². The molecule has 0 heterocycles. The SMILES string of the molecule is COCCNCC(=O)NCc1ccccc1F. The second-order valence-electron chi connectivity index (χ2n) is 3.54. The normalized spacial score (nSPS) is 10.2. The van der Waals surface area contributed by atoms with Gasteiger partial charge in [-0.1, -0.05) is 18.2 Å². The number of carbonyl (C=O) groups excluding carboxylic acids is 1. The summed E-state index contributed by atoms with van der Waals surface area (Å²) in [7, 11) is 1.60. The third kappa shape index (κ3) is 5.42. The Morgan fingerprint density at radius 1 is 1.41 bits per heavy atom. The van der Waals surface area contributed by atoms with E-state index in [0.717, 1.165) is 0 Å². The number of rotatable bonds is 7. The summed E-state index contributed by atoms with van der Waals surface area (Å²) in [6.07, 6.45) is 0. The Labute approximate surface area is 100 Å². The lowest BCUT2D eigenvalue weighted by molar-refractivity contribution is -0.120. The van der Waals surface area contributed by atoms with E-state index in [-0.39, 0.29) is 24.8 Å². The monoisotopic (exact) mass is 240 g/mol. The summed E-state index contributed by atoms with van der Waals surface area (Å²) >= 11 is 0. The molecule has 17 heavy (non-hydrogen) atoms. The molecule has 4 nitrogen and oxygen atoms in total. The number of ether oxygens (including phenoxy) is 1. The van der Waals surface area contributed by atoms with Crippen LogP contribution in [-0.4, -0.2) is 32.7 Å². The molecule has 0 atom stereocenters. The van der Waals surface area contributed by atoms with Crippen LogP contribution in [0.3, 0.4) is 0 Å². The molecule has 1 aromatic rings. The Bertz CT molecular complexity index is 358. The Kier molecular flexibility index (Phi) is 6.21. The lowest BCUT2D eigenvalue weighted by Crippen LogP contribution is -2.34. The van der Waals surface area contributed by atoms with Crippen molar-refractivity contribution in [3.8, 4) is 0 Å². The summed E-state index contributed by atoms with van der Waals surface area (Å²) in [6.45, 7) is 1.58. The Morgan fingerprint density at radius 2 is 2.18 bits per heavy atom. The van der Waals surface area contributed by atoms with Crippen LogP contribution in [0.25, 0.3) is 0 Å². The van der Waals surface area contributed by atoms with Gasteiger partial charge in [-0.25, -0.2) is 4.39 Å². The van der Waals surface area contributed by atoms with Gasteiger partial charge in [0.2, 0.25) is 5.91 Å². The van der Waals surface area contributed by atoms with Gasteiger partial charge in [0.1, 0.15) is 5.82 Å². The first-order valence-electron chi connectivity index (χ1n) is 5.44. The van der Waals surface area contributed by atoms with Crippen LogP contribution in [0.5, 0.6) is 0 Å². The highest BCUT2D eigenvalue weighted by molar-refractivity contribution is 5.77. The van der Waals surface area contributed by atoms with Crippen LogP contribution in [0.2, 0.25) is 0 Å². The van der Waals surface area contributed by atoms with Crippen molar-refractivity contribution in [2.24, 2.45) is 0 Å². The van der Waals surface area contributed by atoms with Crippen LogP contribution in [0.15, 0.2) is 24.3 Å². The molecule has 94 valence electrons. The highest BCUT2D eigenvalue weighted by Gasteiger charge is 2.03. The van der Waals surface area contributed by atoms with E-state index in [1.807, 2.05) is 0 Å². The summed E-state index contributed by atoms with van der Waals surface area (Å²) < 4.78 is 18.0. The van der Waals surface area contributed by atoms with Crippen molar-refractivity contribution in [2.45, 2.75) is 6.54 Å². The molecule has 0 radical (unpaired) electrons. The van der Waals surface area contributed by atoms with E-state index in [1.54, 1.807) is 25.3 Å². The maximum absolute atomic E-state index is 13.2. The highest BCUT2D eigenvalue weighted by Crippen LogP contribution is 2.04. The van der Waals surface area contributed by atoms with E-state index in [2.05, 4.69) is 10.6 Å². The lowest BCUT2D eigenvalue weighted by Gasteiger charge is -2.07. The van der Waals surface area contributed by atoms with E-state index >= 15 is 0 Å². The fourth-order valence-electron chi connectivity index (χ4n) is 1.27. The second kappa shape index (κ2) is 7.76. The summed E-state index contributed by atoms with van der Waals surface area (Å²) in [5.74, 6) is -0.468. The number of hydrogen-bond acceptors (Lipinski definition) is 3. The average Bonchev–Trinajstić information content (AvgIpc) is 2.34. The average molecular weight is 240 g/mol. The second-order valence-corrected chi connectivity index (χ2v) is 3.54. The Morgan fingerprint density at radius 3 is 2.88 bits per heavy atom. The molecule has 1 amide bonds. The van der Waals surface area contributed by atoms with Crippen molar-refractivity contribution in [1.29, 1.82) is 0 Å². The molecule has 0 aliphatic heterocycles. The quantitative estimate of drug-likeness (QED) is 0.689. The van der Waals surface area contributed by atoms with Gasteiger partial charge in [0.05, 0.1) is 13.2 Å². The van der Waals surface area contributed by atoms with Crippen LogP contribution in [-0.2, 0) is 16.1 Å². The van der Waals surface area contributed by atoms with Gasteiger partial charge >= 0.3 is 0 Å². The third-order valence-corrected chi connectivity index (χ3v) is 2.20. The van der Waals surface area contributed by atoms with Crippen LogP contribution in [0.1, 0.15) is 5.56 Å². The zero-order chi connectivity index (χ0) is 12.5. The molecule has 0 fully saturated rings. The maximum atomic E-state index is 13.2. The number of nitrogens with one attached hydrogen (secondary N) is 2. The van der Waals surface area contributed by atoms with Crippen molar-refractivity contribution in [3.63, 3.8) is 0 Å². The molecule has 0 unspecified atom stereocenters. The highest BCUT2D eigenvalue weighted by atomic mass is 19.1. The van der Waals surface area contributed by atoms with Crippen LogP contribution >= 0.6 is 0 Å². The van der Waals surface area contributed by atoms with Crippen molar-refractivity contribution in [2.75, 3.05) is 26.8 Å². The number of amides is 1. The van der Waals surface area contributed by atoms with E-state index in [0.29, 0.717) is 18.7 Å². The van der Waals surface area contributed by atoms with Crippen LogP contribution in [0.4, 0.5) is 4.39 Å². The number of benzene rings is 1. The summed E-state index contributed by atoms with van der Waals surface area (Å²) in [5.41, 5.74) is 0.484. The number of hydrogen-bond donors (Lipinski definition) is 2. The van der Waals surface area contributed by atoms with E-state index in [9.17, 15) is 9.18 Å².